The molecule has 21 heavy (non-hydrogen) atoms. The molecule has 1 atom stereocenters. The number of halogens is 2. The molecule has 6 heteroatoms. The summed E-state index contributed by atoms with van der Waals surface area (Å²) in [6, 6.07) is 5.83. The average molecular weight is 335 g/mol. The summed E-state index contributed by atoms with van der Waals surface area (Å²) >= 11 is 0. The predicted octanol–water partition coefficient (Wildman–Crippen LogP) is 2.77. The van der Waals surface area contributed by atoms with Crippen molar-refractivity contribution in [2.75, 3.05) is 33.3 Å². The number of benzene rings is 1. The number of aromatic hydroxyl groups is 1. The summed E-state index contributed by atoms with van der Waals surface area (Å²) in [5.74, 6) is 0.775. The van der Waals surface area contributed by atoms with Crippen LogP contribution in [0.3, 0.4) is 0 Å². The Morgan fingerprint density at radius 3 is 2.62 bits per heavy atom. The molecule has 120 valence electrons. The fourth-order valence-corrected chi connectivity index (χ4v) is 2.60. The van der Waals surface area contributed by atoms with Crippen LogP contribution in [0.15, 0.2) is 30.9 Å². The second-order valence-electron chi connectivity index (χ2n) is 4.72. The van der Waals surface area contributed by atoms with Crippen LogP contribution in [0.25, 0.3) is 0 Å². The predicted molar refractivity (Wildman–Crippen MR) is 91.2 cm³/mol. The molecule has 0 aromatic heterocycles. The molecule has 0 bridgehead atoms. The van der Waals surface area contributed by atoms with E-state index in [1.165, 1.54) is 0 Å². The van der Waals surface area contributed by atoms with E-state index in [1.807, 2.05) is 18.2 Å². The summed E-state index contributed by atoms with van der Waals surface area (Å²) in [6.07, 6.45) is 2.73. The van der Waals surface area contributed by atoms with Crippen molar-refractivity contribution in [2.45, 2.75) is 12.5 Å². The van der Waals surface area contributed by atoms with Crippen molar-refractivity contribution < 1.29 is 9.84 Å². The standard InChI is InChI=1S/C15H22N2O2.2ClH/c1-3-5-13(17-10-8-16-9-11-17)12-6-4-7-14(19-2)15(12)18;;/h3-4,6-7,13,16,18H,1,5,8-11H2,2H3;2*1H/t13-;;/m1../s1. The molecule has 0 radical (unpaired) electrons. The minimum absolute atomic E-state index is 0. The van der Waals surface area contributed by atoms with Gasteiger partial charge in [0, 0.05) is 37.8 Å². The average Bonchev–Trinajstić information content (AvgIpc) is 2.46. The molecule has 0 amide bonds. The van der Waals surface area contributed by atoms with Crippen molar-refractivity contribution in [1.29, 1.82) is 0 Å². The van der Waals surface area contributed by atoms with Crippen molar-refractivity contribution >= 4 is 24.8 Å². The summed E-state index contributed by atoms with van der Waals surface area (Å²) in [7, 11) is 1.58. The highest BCUT2D eigenvalue weighted by Gasteiger charge is 2.24. The molecule has 2 rings (SSSR count). The first-order valence-electron chi connectivity index (χ1n) is 6.69. The third-order valence-electron chi connectivity index (χ3n) is 3.59. The van der Waals surface area contributed by atoms with Crippen LogP contribution in [0.2, 0.25) is 0 Å². The number of phenols is 1. The van der Waals surface area contributed by atoms with Gasteiger partial charge in [0.15, 0.2) is 11.5 Å². The zero-order valence-corrected chi connectivity index (χ0v) is 13.9. The highest BCUT2D eigenvalue weighted by atomic mass is 35.5. The zero-order chi connectivity index (χ0) is 13.7. The Hall–Kier alpha value is -0.940. The van der Waals surface area contributed by atoms with E-state index in [9.17, 15) is 5.11 Å². The molecule has 0 spiro atoms. The van der Waals surface area contributed by atoms with Gasteiger partial charge in [-0.25, -0.2) is 0 Å². The van der Waals surface area contributed by atoms with Gasteiger partial charge >= 0.3 is 0 Å². The first-order chi connectivity index (χ1) is 9.27. The summed E-state index contributed by atoms with van der Waals surface area (Å²) in [5, 5.41) is 13.7. The molecule has 1 aliphatic rings. The Balaban J connectivity index is 0.00000200. The lowest BCUT2D eigenvalue weighted by atomic mass is 9.99. The van der Waals surface area contributed by atoms with E-state index < -0.39 is 0 Å². The van der Waals surface area contributed by atoms with Crippen LogP contribution in [-0.2, 0) is 0 Å². The van der Waals surface area contributed by atoms with Gasteiger partial charge in [0.1, 0.15) is 0 Å². The Labute approximate surface area is 139 Å². The Kier molecular flexibility index (Phi) is 9.46. The summed E-state index contributed by atoms with van der Waals surface area (Å²) in [5.41, 5.74) is 0.918. The topological polar surface area (TPSA) is 44.7 Å². The van der Waals surface area contributed by atoms with Gasteiger partial charge in [-0.1, -0.05) is 18.2 Å². The van der Waals surface area contributed by atoms with Gasteiger partial charge in [0.2, 0.25) is 0 Å². The van der Waals surface area contributed by atoms with Crippen molar-refractivity contribution in [3.63, 3.8) is 0 Å². The molecular weight excluding hydrogens is 311 g/mol. The maximum absolute atomic E-state index is 10.3. The summed E-state index contributed by atoms with van der Waals surface area (Å²) in [6.45, 7) is 7.77. The van der Waals surface area contributed by atoms with Gasteiger partial charge in [-0.05, 0) is 12.5 Å². The normalized spacial score (nSPS) is 16.2. The number of nitrogens with one attached hydrogen (secondary N) is 1. The number of nitrogens with zero attached hydrogens (tertiary/aromatic N) is 1. The lowest BCUT2D eigenvalue weighted by Crippen LogP contribution is -2.45. The van der Waals surface area contributed by atoms with Crippen LogP contribution >= 0.6 is 24.8 Å². The number of phenolic OH excluding ortho intramolecular Hbond substituents is 1. The monoisotopic (exact) mass is 334 g/mol. The van der Waals surface area contributed by atoms with E-state index in [4.69, 9.17) is 4.74 Å². The highest BCUT2D eigenvalue weighted by Crippen LogP contribution is 2.37. The smallest absolute Gasteiger partial charge is 0.162 e. The van der Waals surface area contributed by atoms with E-state index >= 15 is 0 Å². The van der Waals surface area contributed by atoms with Crippen molar-refractivity contribution in [3.8, 4) is 11.5 Å². The number of methoxy groups -OCH3 is 1. The van der Waals surface area contributed by atoms with Gasteiger partial charge in [0.05, 0.1) is 7.11 Å². The van der Waals surface area contributed by atoms with Crippen LogP contribution < -0.4 is 10.1 Å². The van der Waals surface area contributed by atoms with E-state index in [0.29, 0.717) is 5.75 Å². The third kappa shape index (κ3) is 4.78. The van der Waals surface area contributed by atoms with Gasteiger partial charge in [-0.3, -0.25) is 4.90 Å². The van der Waals surface area contributed by atoms with Gasteiger partial charge < -0.3 is 15.2 Å². The largest absolute Gasteiger partial charge is 0.504 e. The molecule has 4 nitrogen and oxygen atoms in total. The molecule has 0 unspecified atom stereocenters. The number of hydrogen-bond acceptors (Lipinski definition) is 4. The van der Waals surface area contributed by atoms with Gasteiger partial charge in [0.25, 0.3) is 0 Å². The Morgan fingerprint density at radius 2 is 2.05 bits per heavy atom. The maximum atomic E-state index is 10.3. The number of rotatable bonds is 5. The number of ether oxygens (including phenoxy) is 1. The molecule has 1 aromatic rings. The SMILES string of the molecule is C=CC[C@H](c1cccc(OC)c1O)N1CCNCC1.Cl.Cl. The second kappa shape index (κ2) is 9.90. The Morgan fingerprint density at radius 1 is 1.38 bits per heavy atom. The van der Waals surface area contributed by atoms with Crippen LogP contribution in [0.4, 0.5) is 0 Å². The van der Waals surface area contributed by atoms with E-state index in [-0.39, 0.29) is 36.6 Å². The second-order valence-corrected chi connectivity index (χ2v) is 4.72. The summed E-state index contributed by atoms with van der Waals surface area (Å²) < 4.78 is 5.19. The van der Waals surface area contributed by atoms with Crippen LogP contribution in [0, 0.1) is 0 Å². The highest BCUT2D eigenvalue weighted by molar-refractivity contribution is 5.85. The molecule has 0 aliphatic carbocycles. The minimum Gasteiger partial charge on any atom is -0.504 e. The van der Waals surface area contributed by atoms with Gasteiger partial charge in [-0.2, -0.15) is 0 Å². The van der Waals surface area contributed by atoms with Crippen LogP contribution in [0.5, 0.6) is 11.5 Å². The molecule has 1 fully saturated rings. The number of hydrogen-bond donors (Lipinski definition) is 2. The quantitative estimate of drug-likeness (QED) is 0.813. The number of para-hydroxylation sites is 1. The lowest BCUT2D eigenvalue weighted by molar-refractivity contribution is 0.171. The number of piperazine rings is 1. The van der Waals surface area contributed by atoms with Gasteiger partial charge in [-0.15, -0.1) is 31.4 Å². The molecule has 0 saturated carbocycles. The van der Waals surface area contributed by atoms with Crippen molar-refractivity contribution in [1.82, 2.24) is 10.2 Å². The third-order valence-corrected chi connectivity index (χ3v) is 3.59. The zero-order valence-electron chi connectivity index (χ0n) is 12.2. The van der Waals surface area contributed by atoms with E-state index in [1.54, 1.807) is 13.2 Å². The van der Waals surface area contributed by atoms with Crippen molar-refractivity contribution in [2.24, 2.45) is 0 Å². The van der Waals surface area contributed by atoms with E-state index in [0.717, 1.165) is 38.2 Å². The molecule has 2 N–H and O–H groups in total. The maximum Gasteiger partial charge on any atom is 0.162 e. The Bertz CT molecular complexity index is 438. The minimum atomic E-state index is 0. The molecule has 1 heterocycles. The van der Waals surface area contributed by atoms with E-state index in [2.05, 4.69) is 16.8 Å². The fraction of sp³-hybridized carbons (Fsp3) is 0.467. The van der Waals surface area contributed by atoms with Crippen LogP contribution in [0.1, 0.15) is 18.0 Å². The molecule has 1 aromatic carbocycles. The molecule has 1 saturated heterocycles. The first-order valence-corrected chi connectivity index (χ1v) is 6.69. The fourth-order valence-electron chi connectivity index (χ4n) is 2.60. The van der Waals surface area contributed by atoms with Crippen molar-refractivity contribution in [3.05, 3.63) is 36.4 Å². The molecular formula is C15H24Cl2N2O2. The summed E-state index contributed by atoms with van der Waals surface area (Å²) in [4.78, 5) is 2.38. The molecule has 1 aliphatic heterocycles. The first kappa shape index (κ1) is 20.1. The lowest BCUT2D eigenvalue weighted by Gasteiger charge is -2.35. The van der Waals surface area contributed by atoms with Crippen LogP contribution in [-0.4, -0.2) is 43.3 Å².